The Kier molecular flexibility index (Phi) is 4.93. The standard InChI is InChI=1S/C12H22N2O3/c1-8(2)5-10-12(16)14(6-11(15)13-10)9(3)7-17-4/h8-10H,5-7H2,1-4H3,(H,13,15). The fraction of sp³-hybridized carbons (Fsp3) is 0.833. The van der Waals surface area contributed by atoms with Crippen molar-refractivity contribution in [1.29, 1.82) is 0 Å². The fourth-order valence-corrected chi connectivity index (χ4v) is 2.07. The molecule has 98 valence electrons. The van der Waals surface area contributed by atoms with Crippen LogP contribution in [0.5, 0.6) is 0 Å². The summed E-state index contributed by atoms with van der Waals surface area (Å²) in [6.07, 6.45) is 0.681. The van der Waals surface area contributed by atoms with Crippen molar-refractivity contribution in [2.45, 2.75) is 39.3 Å². The van der Waals surface area contributed by atoms with Crippen LogP contribution >= 0.6 is 0 Å². The van der Waals surface area contributed by atoms with Crippen molar-refractivity contribution in [2.24, 2.45) is 5.92 Å². The number of nitrogens with zero attached hydrogens (tertiary/aromatic N) is 1. The van der Waals surface area contributed by atoms with Crippen LogP contribution in [0, 0.1) is 5.92 Å². The maximum absolute atomic E-state index is 12.2. The number of amides is 2. The molecular weight excluding hydrogens is 220 g/mol. The Morgan fingerprint density at radius 3 is 2.59 bits per heavy atom. The second-order valence-electron chi connectivity index (χ2n) is 5.02. The molecule has 1 aliphatic rings. The summed E-state index contributed by atoms with van der Waals surface area (Å²) < 4.78 is 5.03. The second-order valence-corrected chi connectivity index (χ2v) is 5.02. The largest absolute Gasteiger partial charge is 0.383 e. The number of rotatable bonds is 5. The molecule has 0 spiro atoms. The van der Waals surface area contributed by atoms with Gasteiger partial charge in [0.1, 0.15) is 6.04 Å². The molecule has 1 saturated heterocycles. The van der Waals surface area contributed by atoms with Crippen LogP contribution in [-0.2, 0) is 14.3 Å². The Morgan fingerprint density at radius 1 is 1.41 bits per heavy atom. The molecule has 2 amide bonds. The Bertz CT molecular complexity index is 291. The molecule has 2 atom stereocenters. The van der Waals surface area contributed by atoms with E-state index in [0.29, 0.717) is 18.9 Å². The number of hydrogen-bond acceptors (Lipinski definition) is 3. The van der Waals surface area contributed by atoms with Gasteiger partial charge in [-0.15, -0.1) is 0 Å². The number of ether oxygens (including phenoxy) is 1. The van der Waals surface area contributed by atoms with E-state index >= 15 is 0 Å². The number of piperazine rings is 1. The molecule has 1 N–H and O–H groups in total. The third kappa shape index (κ3) is 3.70. The lowest BCUT2D eigenvalue weighted by Crippen LogP contribution is -2.61. The van der Waals surface area contributed by atoms with Crippen molar-refractivity contribution in [3.8, 4) is 0 Å². The SMILES string of the molecule is COCC(C)N1CC(=O)NC(CC(C)C)C1=O. The molecule has 0 aromatic heterocycles. The van der Waals surface area contributed by atoms with Crippen molar-refractivity contribution >= 4 is 11.8 Å². The molecule has 2 unspecified atom stereocenters. The molecule has 1 aliphatic heterocycles. The van der Waals surface area contributed by atoms with Crippen LogP contribution in [0.2, 0.25) is 0 Å². The molecule has 0 radical (unpaired) electrons. The smallest absolute Gasteiger partial charge is 0.245 e. The van der Waals surface area contributed by atoms with Crippen LogP contribution in [0.1, 0.15) is 27.2 Å². The highest BCUT2D eigenvalue weighted by molar-refractivity contribution is 5.95. The maximum Gasteiger partial charge on any atom is 0.245 e. The number of methoxy groups -OCH3 is 1. The zero-order valence-corrected chi connectivity index (χ0v) is 11.0. The third-order valence-electron chi connectivity index (χ3n) is 2.88. The van der Waals surface area contributed by atoms with Gasteiger partial charge in [-0.1, -0.05) is 13.8 Å². The fourth-order valence-electron chi connectivity index (χ4n) is 2.07. The second kappa shape index (κ2) is 6.00. The highest BCUT2D eigenvalue weighted by Crippen LogP contribution is 2.14. The monoisotopic (exact) mass is 242 g/mol. The molecule has 5 nitrogen and oxygen atoms in total. The van der Waals surface area contributed by atoms with E-state index in [1.54, 1.807) is 12.0 Å². The first-order valence-corrected chi connectivity index (χ1v) is 6.04. The summed E-state index contributed by atoms with van der Waals surface area (Å²) in [6, 6.07) is -0.441. The predicted octanol–water partition coefficient (Wildman–Crippen LogP) is 0.394. The number of hydrogen-bond donors (Lipinski definition) is 1. The first-order chi connectivity index (χ1) is 7.95. The summed E-state index contributed by atoms with van der Waals surface area (Å²) in [6.45, 7) is 6.56. The first kappa shape index (κ1) is 14.0. The van der Waals surface area contributed by atoms with Crippen molar-refractivity contribution in [3.05, 3.63) is 0 Å². The summed E-state index contributed by atoms with van der Waals surface area (Å²) in [7, 11) is 1.59. The van der Waals surface area contributed by atoms with Gasteiger partial charge in [0, 0.05) is 7.11 Å². The van der Waals surface area contributed by atoms with Crippen molar-refractivity contribution in [2.75, 3.05) is 20.3 Å². The molecular formula is C12H22N2O3. The van der Waals surface area contributed by atoms with E-state index < -0.39 is 0 Å². The number of carbonyl (C=O) groups is 2. The van der Waals surface area contributed by atoms with E-state index in [4.69, 9.17) is 4.74 Å². The Balaban J connectivity index is 2.71. The quantitative estimate of drug-likeness (QED) is 0.759. The molecule has 0 bridgehead atoms. The lowest BCUT2D eigenvalue weighted by atomic mass is 10.00. The number of carbonyl (C=O) groups excluding carboxylic acids is 2. The minimum Gasteiger partial charge on any atom is -0.383 e. The molecule has 0 saturated carbocycles. The predicted molar refractivity (Wildman–Crippen MR) is 64.4 cm³/mol. The van der Waals surface area contributed by atoms with Gasteiger partial charge in [0.2, 0.25) is 11.8 Å². The molecule has 0 aromatic carbocycles. The zero-order chi connectivity index (χ0) is 13.0. The van der Waals surface area contributed by atoms with Crippen LogP contribution in [0.25, 0.3) is 0 Å². The summed E-state index contributed by atoms with van der Waals surface area (Å²) in [5.41, 5.74) is 0. The molecule has 0 aliphatic carbocycles. The average Bonchev–Trinajstić information content (AvgIpc) is 2.22. The Hall–Kier alpha value is -1.10. The van der Waals surface area contributed by atoms with E-state index in [1.165, 1.54) is 0 Å². The minimum absolute atomic E-state index is 0.00264. The summed E-state index contributed by atoms with van der Waals surface area (Å²) in [5.74, 6) is 0.294. The van der Waals surface area contributed by atoms with Gasteiger partial charge in [-0.05, 0) is 19.3 Å². The molecule has 1 fully saturated rings. The van der Waals surface area contributed by atoms with Crippen LogP contribution in [0.4, 0.5) is 0 Å². The highest BCUT2D eigenvalue weighted by atomic mass is 16.5. The minimum atomic E-state index is -0.379. The van der Waals surface area contributed by atoms with Gasteiger partial charge in [-0.2, -0.15) is 0 Å². The van der Waals surface area contributed by atoms with Crippen molar-refractivity contribution in [1.82, 2.24) is 10.2 Å². The lowest BCUT2D eigenvalue weighted by Gasteiger charge is -2.36. The summed E-state index contributed by atoms with van der Waals surface area (Å²) >= 11 is 0. The summed E-state index contributed by atoms with van der Waals surface area (Å²) in [5, 5.41) is 2.75. The van der Waals surface area contributed by atoms with Crippen molar-refractivity contribution < 1.29 is 14.3 Å². The maximum atomic E-state index is 12.2. The van der Waals surface area contributed by atoms with Gasteiger partial charge in [0.05, 0.1) is 19.2 Å². The van der Waals surface area contributed by atoms with Crippen LogP contribution in [0.3, 0.4) is 0 Å². The Morgan fingerprint density at radius 2 is 2.06 bits per heavy atom. The molecule has 0 aromatic rings. The number of nitrogens with one attached hydrogen (secondary N) is 1. The molecule has 1 rings (SSSR count). The van der Waals surface area contributed by atoms with Crippen LogP contribution < -0.4 is 5.32 Å². The highest BCUT2D eigenvalue weighted by Gasteiger charge is 2.35. The van der Waals surface area contributed by atoms with Gasteiger partial charge in [-0.25, -0.2) is 0 Å². The van der Waals surface area contributed by atoms with Crippen molar-refractivity contribution in [3.63, 3.8) is 0 Å². The van der Waals surface area contributed by atoms with E-state index in [1.807, 2.05) is 20.8 Å². The lowest BCUT2D eigenvalue weighted by molar-refractivity contribution is -0.147. The van der Waals surface area contributed by atoms with Gasteiger partial charge in [-0.3, -0.25) is 9.59 Å². The zero-order valence-electron chi connectivity index (χ0n) is 11.0. The van der Waals surface area contributed by atoms with E-state index in [-0.39, 0.29) is 30.4 Å². The first-order valence-electron chi connectivity index (χ1n) is 6.04. The van der Waals surface area contributed by atoms with E-state index in [0.717, 1.165) is 0 Å². The van der Waals surface area contributed by atoms with Gasteiger partial charge >= 0.3 is 0 Å². The molecule has 1 heterocycles. The molecule has 5 heteroatoms. The van der Waals surface area contributed by atoms with Gasteiger partial charge in [0.25, 0.3) is 0 Å². The third-order valence-corrected chi connectivity index (χ3v) is 2.88. The van der Waals surface area contributed by atoms with Crippen LogP contribution in [-0.4, -0.2) is 49.1 Å². The normalized spacial score (nSPS) is 22.9. The van der Waals surface area contributed by atoms with Crippen LogP contribution in [0.15, 0.2) is 0 Å². The average molecular weight is 242 g/mol. The van der Waals surface area contributed by atoms with Gasteiger partial charge in [0.15, 0.2) is 0 Å². The van der Waals surface area contributed by atoms with Gasteiger partial charge < -0.3 is 15.0 Å². The van der Waals surface area contributed by atoms with E-state index in [9.17, 15) is 9.59 Å². The Labute approximate surface area is 102 Å². The van der Waals surface area contributed by atoms with E-state index in [2.05, 4.69) is 5.32 Å². The summed E-state index contributed by atoms with van der Waals surface area (Å²) in [4.78, 5) is 25.4. The topological polar surface area (TPSA) is 58.6 Å². The molecule has 17 heavy (non-hydrogen) atoms.